The third kappa shape index (κ3) is 2.82. The van der Waals surface area contributed by atoms with Gasteiger partial charge in [-0.2, -0.15) is 0 Å². The summed E-state index contributed by atoms with van der Waals surface area (Å²) in [5, 5.41) is 12.9. The van der Waals surface area contributed by atoms with E-state index in [0.717, 1.165) is 39.7 Å². The predicted molar refractivity (Wildman–Crippen MR) is 122 cm³/mol. The van der Waals surface area contributed by atoms with Gasteiger partial charge in [0.1, 0.15) is 5.75 Å². The van der Waals surface area contributed by atoms with Crippen LogP contribution in [0.15, 0.2) is 54.6 Å². The van der Waals surface area contributed by atoms with E-state index in [9.17, 15) is 9.90 Å². The molecule has 0 aromatic heterocycles. The summed E-state index contributed by atoms with van der Waals surface area (Å²) in [6.07, 6.45) is 7.57. The first-order valence-corrected chi connectivity index (χ1v) is 11.5. The minimum atomic E-state index is -0.297. The van der Waals surface area contributed by atoms with E-state index in [2.05, 4.69) is 18.2 Å². The van der Waals surface area contributed by atoms with Crippen LogP contribution >= 0.6 is 0 Å². The second kappa shape index (κ2) is 6.85. The highest BCUT2D eigenvalue weighted by Crippen LogP contribution is 2.62. The fourth-order valence-corrected chi connectivity index (χ4v) is 7.49. The summed E-state index contributed by atoms with van der Waals surface area (Å²) in [6, 6.07) is 17.8. The van der Waals surface area contributed by atoms with Crippen molar-refractivity contribution in [3.8, 4) is 16.9 Å². The second-order valence-corrected chi connectivity index (χ2v) is 10.1. The van der Waals surface area contributed by atoms with Gasteiger partial charge in [0.2, 0.25) is 0 Å². The Kier molecular flexibility index (Phi) is 4.18. The molecule has 1 N–H and O–H groups in total. The van der Waals surface area contributed by atoms with Crippen LogP contribution < -0.4 is 0 Å². The summed E-state index contributed by atoms with van der Waals surface area (Å²) in [5.74, 6) is 2.22. The first-order valence-electron chi connectivity index (χ1n) is 11.5. The first kappa shape index (κ1) is 18.9. The molecule has 4 fully saturated rings. The summed E-state index contributed by atoms with van der Waals surface area (Å²) in [7, 11) is 1.47. The van der Waals surface area contributed by atoms with Gasteiger partial charge in [-0.15, -0.1) is 0 Å². The normalized spacial score (nSPS) is 28.7. The number of phenolic OH excluding ortho intramolecular Hbond substituents is 1. The molecule has 0 heterocycles. The number of methoxy groups -OCH3 is 1. The molecule has 4 aliphatic rings. The molecule has 4 aliphatic carbocycles. The summed E-state index contributed by atoms with van der Waals surface area (Å²) in [4.78, 5) is 13.4. The van der Waals surface area contributed by atoms with Gasteiger partial charge in [-0.1, -0.05) is 42.5 Å². The maximum Gasteiger partial charge on any atom is 0.338 e. The molecule has 31 heavy (non-hydrogen) atoms. The van der Waals surface area contributed by atoms with Crippen LogP contribution in [0.3, 0.4) is 0 Å². The molecule has 3 aromatic rings. The quantitative estimate of drug-likeness (QED) is 0.502. The van der Waals surface area contributed by atoms with Crippen LogP contribution in [0.25, 0.3) is 21.9 Å². The van der Waals surface area contributed by atoms with Crippen molar-refractivity contribution in [1.29, 1.82) is 0 Å². The molecule has 4 saturated carbocycles. The molecule has 0 atom stereocenters. The Labute approximate surface area is 183 Å². The van der Waals surface area contributed by atoms with Crippen LogP contribution in [0.4, 0.5) is 0 Å². The lowest BCUT2D eigenvalue weighted by Gasteiger charge is -2.57. The number of esters is 1. The molecule has 158 valence electrons. The van der Waals surface area contributed by atoms with Crippen molar-refractivity contribution < 1.29 is 14.6 Å². The Hall–Kier alpha value is -2.81. The molecule has 0 aliphatic heterocycles. The molecule has 0 radical (unpaired) electrons. The number of para-hydroxylation sites is 1. The van der Waals surface area contributed by atoms with Crippen LogP contribution in [0.5, 0.6) is 5.75 Å². The molecule has 3 nitrogen and oxygen atoms in total. The first-order chi connectivity index (χ1) is 15.1. The lowest BCUT2D eigenvalue weighted by Crippen LogP contribution is -2.49. The second-order valence-electron chi connectivity index (χ2n) is 10.1. The molecule has 3 aromatic carbocycles. The third-order valence-corrected chi connectivity index (χ3v) is 8.22. The number of phenols is 1. The minimum absolute atomic E-state index is 0.0431. The highest BCUT2D eigenvalue weighted by atomic mass is 16.5. The van der Waals surface area contributed by atoms with Crippen molar-refractivity contribution in [2.24, 2.45) is 17.8 Å². The van der Waals surface area contributed by atoms with Crippen molar-refractivity contribution in [3.05, 3.63) is 65.7 Å². The molecule has 0 spiro atoms. The Balaban J connectivity index is 1.70. The highest BCUT2D eigenvalue weighted by molar-refractivity contribution is 6.10. The molecule has 7 rings (SSSR count). The Morgan fingerprint density at radius 1 is 0.935 bits per heavy atom. The zero-order valence-corrected chi connectivity index (χ0v) is 17.9. The number of rotatable bonds is 3. The standard InChI is InChI=1S/C28H28O3/c1-31-27(30)26-23(28-14-17-10-18(15-28)12-19(11-17)16-28)13-20-6-2-3-7-21(20)25(26)22-8-4-5-9-24(22)29/h2-9,13,17-19,29H,10-12,14-16H2,1H3. The number of carbonyl (C=O) groups is 1. The van der Waals surface area contributed by atoms with E-state index in [1.807, 2.05) is 30.3 Å². The van der Waals surface area contributed by atoms with E-state index in [-0.39, 0.29) is 17.1 Å². The average molecular weight is 413 g/mol. The fourth-order valence-electron chi connectivity index (χ4n) is 7.49. The van der Waals surface area contributed by atoms with Gasteiger partial charge in [-0.05, 0) is 90.2 Å². The highest BCUT2D eigenvalue weighted by Gasteiger charge is 2.53. The molecule has 0 unspecified atom stereocenters. The largest absolute Gasteiger partial charge is 0.507 e. The van der Waals surface area contributed by atoms with Gasteiger partial charge in [-0.3, -0.25) is 0 Å². The SMILES string of the molecule is COC(=O)c1c(C23CC4CC(CC(C4)C2)C3)cc2ccccc2c1-c1ccccc1O. The van der Waals surface area contributed by atoms with Crippen molar-refractivity contribution in [2.45, 2.75) is 43.9 Å². The number of fused-ring (bicyclic) bond motifs is 1. The van der Waals surface area contributed by atoms with Gasteiger partial charge in [0.15, 0.2) is 0 Å². The fraction of sp³-hybridized carbons (Fsp3) is 0.393. The van der Waals surface area contributed by atoms with Gasteiger partial charge >= 0.3 is 5.97 Å². The maximum absolute atomic E-state index is 13.4. The molecular formula is C28H28O3. The van der Waals surface area contributed by atoms with Crippen molar-refractivity contribution in [1.82, 2.24) is 0 Å². The molecule has 3 heteroatoms. The number of benzene rings is 3. The summed E-state index contributed by atoms with van der Waals surface area (Å²) >= 11 is 0. The number of hydrogen-bond acceptors (Lipinski definition) is 3. The van der Waals surface area contributed by atoms with E-state index in [1.54, 1.807) is 6.07 Å². The Morgan fingerprint density at radius 2 is 1.55 bits per heavy atom. The van der Waals surface area contributed by atoms with E-state index in [0.29, 0.717) is 11.1 Å². The Morgan fingerprint density at radius 3 is 2.19 bits per heavy atom. The summed E-state index contributed by atoms with van der Waals surface area (Å²) < 4.78 is 5.37. The van der Waals surface area contributed by atoms with Crippen molar-refractivity contribution in [2.75, 3.05) is 7.11 Å². The van der Waals surface area contributed by atoms with Crippen LogP contribution in [0.1, 0.15) is 54.4 Å². The minimum Gasteiger partial charge on any atom is -0.507 e. The van der Waals surface area contributed by atoms with E-state index < -0.39 is 0 Å². The van der Waals surface area contributed by atoms with Gasteiger partial charge in [0.25, 0.3) is 0 Å². The molecule has 4 bridgehead atoms. The number of aromatic hydroxyl groups is 1. The molecular weight excluding hydrogens is 384 g/mol. The zero-order valence-electron chi connectivity index (χ0n) is 17.9. The summed E-state index contributed by atoms with van der Waals surface area (Å²) in [6.45, 7) is 0. The predicted octanol–water partition coefficient (Wildman–Crippen LogP) is 6.47. The number of hydrogen-bond donors (Lipinski definition) is 1. The molecule has 0 saturated heterocycles. The van der Waals surface area contributed by atoms with Gasteiger partial charge in [-0.25, -0.2) is 4.79 Å². The Bertz CT molecular complexity index is 1160. The van der Waals surface area contributed by atoms with Gasteiger partial charge in [0.05, 0.1) is 12.7 Å². The third-order valence-electron chi connectivity index (χ3n) is 8.22. The lowest BCUT2D eigenvalue weighted by atomic mass is 9.47. The van der Waals surface area contributed by atoms with Crippen LogP contribution in [0.2, 0.25) is 0 Å². The summed E-state index contributed by atoms with van der Waals surface area (Å²) in [5.41, 5.74) is 3.36. The zero-order chi connectivity index (χ0) is 21.2. The van der Waals surface area contributed by atoms with Gasteiger partial charge in [0, 0.05) is 11.1 Å². The van der Waals surface area contributed by atoms with E-state index in [4.69, 9.17) is 4.74 Å². The van der Waals surface area contributed by atoms with Crippen molar-refractivity contribution >= 4 is 16.7 Å². The van der Waals surface area contributed by atoms with Crippen LogP contribution in [-0.2, 0) is 10.2 Å². The van der Waals surface area contributed by atoms with Crippen LogP contribution in [-0.4, -0.2) is 18.2 Å². The topological polar surface area (TPSA) is 46.5 Å². The maximum atomic E-state index is 13.4. The van der Waals surface area contributed by atoms with Gasteiger partial charge < -0.3 is 9.84 Å². The smallest absolute Gasteiger partial charge is 0.338 e. The molecule has 0 amide bonds. The lowest BCUT2D eigenvalue weighted by molar-refractivity contribution is -0.00584. The van der Waals surface area contributed by atoms with Crippen molar-refractivity contribution in [3.63, 3.8) is 0 Å². The average Bonchev–Trinajstić information content (AvgIpc) is 2.77. The van der Waals surface area contributed by atoms with E-state index >= 15 is 0 Å². The monoisotopic (exact) mass is 412 g/mol. The van der Waals surface area contributed by atoms with Crippen LogP contribution in [0, 0.1) is 17.8 Å². The number of ether oxygens (including phenoxy) is 1. The number of carbonyl (C=O) groups excluding carboxylic acids is 1. The van der Waals surface area contributed by atoms with E-state index in [1.165, 1.54) is 45.6 Å².